The monoisotopic (exact) mass is 355 g/mol. The number of carbonyl (C=O) groups excluding carboxylic acids is 1. The van der Waals surface area contributed by atoms with Crippen molar-refractivity contribution in [3.63, 3.8) is 0 Å². The van der Waals surface area contributed by atoms with Gasteiger partial charge >= 0.3 is 5.69 Å². The maximum absolute atomic E-state index is 12.2. The predicted molar refractivity (Wildman–Crippen MR) is 96.2 cm³/mol. The molecule has 0 aliphatic rings. The van der Waals surface area contributed by atoms with E-state index in [-0.39, 0.29) is 35.5 Å². The van der Waals surface area contributed by atoms with Crippen LogP contribution in [0.25, 0.3) is 11.0 Å². The maximum Gasteiger partial charge on any atom is 0.332 e. The molecule has 26 heavy (non-hydrogen) atoms. The van der Waals surface area contributed by atoms with Crippen LogP contribution in [0.5, 0.6) is 0 Å². The molecule has 1 amide bonds. The molecule has 0 saturated carbocycles. The molecule has 0 unspecified atom stereocenters. The van der Waals surface area contributed by atoms with E-state index in [0.717, 1.165) is 4.57 Å². The summed E-state index contributed by atoms with van der Waals surface area (Å²) in [7, 11) is 2.90. The maximum atomic E-state index is 12.2. The van der Waals surface area contributed by atoms with Gasteiger partial charge in [-0.25, -0.2) is 9.78 Å². The lowest BCUT2D eigenvalue weighted by Crippen LogP contribution is -2.37. The molecule has 0 aliphatic heterocycles. The SMILES string of the molecule is Cn1c(=O)c2cc(NC(=O)CCn3ccccc3=O)cnc2n(C)c1=O. The fraction of sp³-hybridized carbons (Fsp3) is 0.235. The quantitative estimate of drug-likeness (QED) is 0.699. The van der Waals surface area contributed by atoms with Crippen molar-refractivity contribution in [3.05, 3.63) is 67.9 Å². The van der Waals surface area contributed by atoms with Crippen LogP contribution in [0.2, 0.25) is 0 Å². The molecule has 134 valence electrons. The zero-order valence-corrected chi connectivity index (χ0v) is 14.3. The van der Waals surface area contributed by atoms with Crippen molar-refractivity contribution in [2.45, 2.75) is 13.0 Å². The normalized spacial score (nSPS) is 10.8. The Labute approximate surface area is 147 Å². The third kappa shape index (κ3) is 3.18. The van der Waals surface area contributed by atoms with Crippen molar-refractivity contribution in [1.29, 1.82) is 0 Å². The Morgan fingerprint density at radius 1 is 1.15 bits per heavy atom. The smallest absolute Gasteiger partial charge is 0.325 e. The van der Waals surface area contributed by atoms with Crippen LogP contribution in [0.15, 0.2) is 51.0 Å². The van der Waals surface area contributed by atoms with Gasteiger partial charge in [0, 0.05) is 39.3 Å². The fourth-order valence-electron chi connectivity index (χ4n) is 2.62. The second kappa shape index (κ2) is 6.79. The molecule has 0 aromatic carbocycles. The van der Waals surface area contributed by atoms with Crippen LogP contribution >= 0.6 is 0 Å². The largest absolute Gasteiger partial charge is 0.332 e. The molecule has 3 aromatic rings. The van der Waals surface area contributed by atoms with E-state index < -0.39 is 11.2 Å². The van der Waals surface area contributed by atoms with E-state index >= 15 is 0 Å². The molecule has 0 fully saturated rings. The zero-order chi connectivity index (χ0) is 18.8. The number of amides is 1. The molecule has 0 radical (unpaired) electrons. The summed E-state index contributed by atoms with van der Waals surface area (Å²) >= 11 is 0. The highest BCUT2D eigenvalue weighted by Gasteiger charge is 2.11. The summed E-state index contributed by atoms with van der Waals surface area (Å²) in [6.07, 6.45) is 3.08. The molecule has 0 saturated heterocycles. The third-order valence-electron chi connectivity index (χ3n) is 4.06. The Balaban J connectivity index is 1.82. The van der Waals surface area contributed by atoms with Gasteiger partial charge in [0.1, 0.15) is 5.65 Å². The molecule has 0 atom stereocenters. The third-order valence-corrected chi connectivity index (χ3v) is 4.06. The first kappa shape index (κ1) is 17.3. The summed E-state index contributed by atoms with van der Waals surface area (Å²) in [5.74, 6) is -0.316. The Bertz CT molecular complexity index is 1170. The number of nitrogens with one attached hydrogen (secondary N) is 1. The van der Waals surface area contributed by atoms with Gasteiger partial charge in [-0.15, -0.1) is 0 Å². The molecule has 0 aliphatic carbocycles. The highest BCUT2D eigenvalue weighted by molar-refractivity contribution is 5.92. The number of carbonyl (C=O) groups is 1. The van der Waals surface area contributed by atoms with Crippen LogP contribution in [0.1, 0.15) is 6.42 Å². The fourth-order valence-corrected chi connectivity index (χ4v) is 2.62. The molecule has 3 heterocycles. The van der Waals surface area contributed by atoms with Crippen LogP contribution in [-0.2, 0) is 25.4 Å². The molecular weight excluding hydrogens is 338 g/mol. The van der Waals surface area contributed by atoms with Crippen molar-refractivity contribution >= 4 is 22.6 Å². The van der Waals surface area contributed by atoms with E-state index in [2.05, 4.69) is 10.3 Å². The number of anilines is 1. The first-order valence-corrected chi connectivity index (χ1v) is 7.89. The Morgan fingerprint density at radius 3 is 2.65 bits per heavy atom. The number of fused-ring (bicyclic) bond motifs is 1. The summed E-state index contributed by atoms with van der Waals surface area (Å²) < 4.78 is 3.69. The topological polar surface area (TPSA) is 108 Å². The van der Waals surface area contributed by atoms with Crippen LogP contribution < -0.4 is 22.1 Å². The average molecular weight is 355 g/mol. The number of rotatable bonds is 4. The van der Waals surface area contributed by atoms with E-state index in [1.807, 2.05) is 0 Å². The van der Waals surface area contributed by atoms with Crippen molar-refractivity contribution in [1.82, 2.24) is 18.7 Å². The molecule has 0 bridgehead atoms. The highest BCUT2D eigenvalue weighted by atomic mass is 16.2. The lowest BCUT2D eigenvalue weighted by Gasteiger charge is -2.09. The van der Waals surface area contributed by atoms with Gasteiger partial charge in [0.05, 0.1) is 17.3 Å². The Hall–Kier alpha value is -3.49. The van der Waals surface area contributed by atoms with E-state index in [0.29, 0.717) is 5.69 Å². The number of aromatic nitrogens is 4. The van der Waals surface area contributed by atoms with E-state index in [4.69, 9.17) is 0 Å². The predicted octanol–water partition coefficient (Wildman–Crippen LogP) is -0.177. The Morgan fingerprint density at radius 2 is 1.92 bits per heavy atom. The number of aryl methyl sites for hydroxylation is 2. The second-order valence-corrected chi connectivity index (χ2v) is 5.83. The molecule has 0 spiro atoms. The number of hydrogen-bond donors (Lipinski definition) is 1. The van der Waals surface area contributed by atoms with Crippen molar-refractivity contribution in [2.75, 3.05) is 5.32 Å². The van der Waals surface area contributed by atoms with Gasteiger partial charge < -0.3 is 9.88 Å². The van der Waals surface area contributed by atoms with Gasteiger partial charge in [0.2, 0.25) is 5.91 Å². The summed E-state index contributed by atoms with van der Waals surface area (Å²) in [4.78, 5) is 52.0. The van der Waals surface area contributed by atoms with Crippen LogP contribution in [0.3, 0.4) is 0 Å². The van der Waals surface area contributed by atoms with Crippen LogP contribution in [0, 0.1) is 0 Å². The summed E-state index contributed by atoms with van der Waals surface area (Å²) in [6, 6.07) is 6.25. The number of pyridine rings is 2. The molecule has 3 aromatic heterocycles. The second-order valence-electron chi connectivity index (χ2n) is 5.83. The van der Waals surface area contributed by atoms with Crippen molar-refractivity contribution < 1.29 is 4.79 Å². The minimum atomic E-state index is -0.484. The highest BCUT2D eigenvalue weighted by Crippen LogP contribution is 2.12. The van der Waals surface area contributed by atoms with Crippen molar-refractivity contribution in [2.24, 2.45) is 14.1 Å². The van der Waals surface area contributed by atoms with Gasteiger partial charge in [-0.3, -0.25) is 23.5 Å². The minimum absolute atomic E-state index is 0.0905. The summed E-state index contributed by atoms with van der Waals surface area (Å²) in [6.45, 7) is 0.239. The lowest BCUT2D eigenvalue weighted by molar-refractivity contribution is -0.116. The van der Waals surface area contributed by atoms with Crippen LogP contribution in [0.4, 0.5) is 5.69 Å². The Kier molecular flexibility index (Phi) is 4.53. The van der Waals surface area contributed by atoms with Gasteiger partial charge in [-0.2, -0.15) is 0 Å². The van der Waals surface area contributed by atoms with Gasteiger partial charge in [0.25, 0.3) is 11.1 Å². The van der Waals surface area contributed by atoms with Crippen molar-refractivity contribution in [3.8, 4) is 0 Å². The van der Waals surface area contributed by atoms with Gasteiger partial charge in [-0.1, -0.05) is 6.07 Å². The first-order valence-electron chi connectivity index (χ1n) is 7.89. The molecule has 9 heteroatoms. The van der Waals surface area contributed by atoms with E-state index in [9.17, 15) is 19.2 Å². The van der Waals surface area contributed by atoms with Gasteiger partial charge in [-0.05, 0) is 12.1 Å². The van der Waals surface area contributed by atoms with E-state index in [1.165, 1.54) is 41.6 Å². The average Bonchev–Trinajstić information content (AvgIpc) is 2.64. The zero-order valence-electron chi connectivity index (χ0n) is 14.3. The van der Waals surface area contributed by atoms with Crippen LogP contribution in [-0.4, -0.2) is 24.6 Å². The molecule has 9 nitrogen and oxygen atoms in total. The summed E-state index contributed by atoms with van der Waals surface area (Å²) in [5, 5.41) is 2.88. The van der Waals surface area contributed by atoms with E-state index in [1.54, 1.807) is 18.3 Å². The number of nitrogens with zero attached hydrogens (tertiary/aromatic N) is 4. The lowest BCUT2D eigenvalue weighted by atomic mass is 10.3. The molecule has 3 rings (SSSR count). The molecular formula is C17H17N5O4. The summed E-state index contributed by atoms with van der Waals surface area (Å²) in [5.41, 5.74) is -0.551. The van der Waals surface area contributed by atoms with Gasteiger partial charge in [0.15, 0.2) is 0 Å². The number of hydrogen-bond acceptors (Lipinski definition) is 5. The standard InChI is InChI=1S/C17H17N5O4/c1-20-15-12(16(25)21(2)17(20)26)9-11(10-18-15)19-13(23)6-8-22-7-4-3-5-14(22)24/h3-5,7,9-10H,6,8H2,1-2H3,(H,19,23). The molecule has 1 N–H and O–H groups in total. The first-order chi connectivity index (χ1) is 12.4. The minimum Gasteiger partial charge on any atom is -0.325 e.